The summed E-state index contributed by atoms with van der Waals surface area (Å²) in [6.07, 6.45) is 10.1. The van der Waals surface area contributed by atoms with Gasteiger partial charge in [-0.15, -0.1) is 0 Å². The molecule has 2 N–H and O–H groups in total. The number of hydrogen-bond acceptors (Lipinski definition) is 5. The normalized spacial score (nSPS) is 21.4. The van der Waals surface area contributed by atoms with Gasteiger partial charge in [0.05, 0.1) is 24.0 Å². The number of anilines is 2. The average Bonchev–Trinajstić information content (AvgIpc) is 3.48. The van der Waals surface area contributed by atoms with Crippen LogP contribution in [0.2, 0.25) is 0 Å². The van der Waals surface area contributed by atoms with Gasteiger partial charge in [-0.25, -0.2) is 13.8 Å². The Kier molecular flexibility index (Phi) is 7.64. The van der Waals surface area contributed by atoms with Crippen molar-refractivity contribution in [1.29, 1.82) is 0 Å². The molecule has 1 aromatic carbocycles. The predicted molar refractivity (Wildman–Crippen MR) is 133 cm³/mol. The van der Waals surface area contributed by atoms with Crippen molar-refractivity contribution in [2.24, 2.45) is 7.05 Å². The molecule has 2 amide bonds. The molecule has 0 bridgehead atoms. The van der Waals surface area contributed by atoms with Gasteiger partial charge in [-0.2, -0.15) is 13.5 Å². The van der Waals surface area contributed by atoms with Crippen molar-refractivity contribution >= 4 is 57.2 Å². The molecule has 1 saturated heterocycles. The van der Waals surface area contributed by atoms with Crippen molar-refractivity contribution in [1.82, 2.24) is 14.5 Å². The molecule has 1 aliphatic heterocycles. The first-order chi connectivity index (χ1) is 15.8. The van der Waals surface area contributed by atoms with E-state index in [9.17, 15) is 13.2 Å². The van der Waals surface area contributed by atoms with Gasteiger partial charge in [0.25, 0.3) is 0 Å². The Morgan fingerprint density at radius 2 is 1.85 bits per heavy atom. The molecule has 0 spiro atoms. The topological polar surface area (TPSA) is 106 Å². The van der Waals surface area contributed by atoms with E-state index in [-0.39, 0.29) is 41.7 Å². The first kappa shape index (κ1) is 25.5. The molecule has 34 heavy (non-hydrogen) atoms. The average molecular weight is 498 g/mol. The van der Waals surface area contributed by atoms with Gasteiger partial charge in [0.2, 0.25) is 0 Å². The Morgan fingerprint density at radius 1 is 1.18 bits per heavy atom. The van der Waals surface area contributed by atoms with Crippen LogP contribution in [0.15, 0.2) is 18.5 Å². The van der Waals surface area contributed by atoms with Crippen LogP contribution >= 0.6 is 0 Å². The standard InChI is InChI=1S/C23H31N5O4S.Na.H/c1-15-11-18(9-10-32-15)28(19-13-24-27(2)14-19)33(30,31)26-23(29)25-22-20-7-3-5-16(20)12-17-6-4-8-21(17)22;;/h12-15,18H,3-11H2,1-2H3,(H2,25,26,29);;. The molecule has 180 valence electrons. The molecule has 5 rings (SSSR count). The van der Waals surface area contributed by atoms with Gasteiger partial charge in [0.1, 0.15) is 0 Å². The second-order valence-corrected chi connectivity index (χ2v) is 10.9. The fraction of sp³-hybridized carbons (Fsp3) is 0.565. The van der Waals surface area contributed by atoms with E-state index in [1.165, 1.54) is 21.6 Å². The summed E-state index contributed by atoms with van der Waals surface area (Å²) in [6, 6.07) is 1.23. The Balaban J connectivity index is 0.00000274. The summed E-state index contributed by atoms with van der Waals surface area (Å²) in [5.41, 5.74) is 6.12. The van der Waals surface area contributed by atoms with Crippen LogP contribution < -0.4 is 14.3 Å². The Bertz CT molecular complexity index is 1150. The molecule has 3 aliphatic rings. The number of aryl methyl sites for hydroxylation is 3. The molecule has 9 nitrogen and oxygen atoms in total. The zero-order chi connectivity index (χ0) is 23.2. The quantitative estimate of drug-likeness (QED) is 0.616. The monoisotopic (exact) mass is 497 g/mol. The van der Waals surface area contributed by atoms with Crippen LogP contribution in [-0.2, 0) is 47.7 Å². The summed E-state index contributed by atoms with van der Waals surface area (Å²) in [6.45, 7) is 2.39. The van der Waals surface area contributed by atoms with Crippen LogP contribution in [-0.4, -0.2) is 72.5 Å². The number of carbonyl (C=O) groups excluding carboxylic acids is 1. The number of aromatic nitrogens is 2. The number of rotatable bonds is 5. The third-order valence-corrected chi connectivity index (χ3v) is 8.40. The fourth-order valence-electron chi connectivity index (χ4n) is 5.53. The molecule has 11 heteroatoms. The van der Waals surface area contributed by atoms with E-state index in [0.29, 0.717) is 25.1 Å². The summed E-state index contributed by atoms with van der Waals surface area (Å²) >= 11 is 0. The molecule has 2 aliphatic carbocycles. The van der Waals surface area contributed by atoms with Crippen molar-refractivity contribution < 1.29 is 17.9 Å². The van der Waals surface area contributed by atoms with Crippen LogP contribution in [0, 0.1) is 0 Å². The molecule has 1 fully saturated rings. The number of nitrogens with zero attached hydrogens (tertiary/aromatic N) is 3. The summed E-state index contributed by atoms with van der Waals surface area (Å²) < 4.78 is 37.7. The van der Waals surface area contributed by atoms with Crippen LogP contribution in [0.1, 0.15) is 54.9 Å². The van der Waals surface area contributed by atoms with Crippen molar-refractivity contribution in [3.63, 3.8) is 0 Å². The van der Waals surface area contributed by atoms with E-state index in [1.807, 2.05) is 6.92 Å². The number of ether oxygens (including phenoxy) is 1. The summed E-state index contributed by atoms with van der Waals surface area (Å²) in [7, 11) is -2.44. The minimum atomic E-state index is -4.17. The number of benzene rings is 1. The Morgan fingerprint density at radius 3 is 2.44 bits per heavy atom. The second kappa shape index (κ2) is 10.2. The fourth-order valence-corrected chi connectivity index (χ4v) is 6.87. The third kappa shape index (κ3) is 5.02. The van der Waals surface area contributed by atoms with Crippen molar-refractivity contribution in [2.75, 3.05) is 16.2 Å². The number of nitrogens with one attached hydrogen (secondary N) is 2. The van der Waals surface area contributed by atoms with Gasteiger partial charge < -0.3 is 10.1 Å². The van der Waals surface area contributed by atoms with E-state index in [2.05, 4.69) is 21.2 Å². The van der Waals surface area contributed by atoms with Crippen molar-refractivity contribution in [3.8, 4) is 0 Å². The van der Waals surface area contributed by atoms with E-state index in [0.717, 1.165) is 55.3 Å². The van der Waals surface area contributed by atoms with Crippen molar-refractivity contribution in [2.45, 2.75) is 70.4 Å². The molecule has 2 atom stereocenters. The van der Waals surface area contributed by atoms with Crippen LogP contribution in [0.5, 0.6) is 0 Å². The number of carbonyl (C=O) groups is 1. The summed E-state index contributed by atoms with van der Waals surface area (Å²) in [5.74, 6) is 0. The molecule has 2 heterocycles. The molecular weight excluding hydrogens is 465 g/mol. The predicted octanol–water partition coefficient (Wildman–Crippen LogP) is 2.19. The SMILES string of the molecule is CC1CC(N(c2cnn(C)c2)S(=O)(=O)NC(=O)Nc2c3c(cc4c2CCC4)CCC3)CCO1.[NaH]. The van der Waals surface area contributed by atoms with Crippen molar-refractivity contribution in [3.05, 3.63) is 40.7 Å². The molecule has 1 aromatic heterocycles. The maximum absolute atomic E-state index is 13.5. The van der Waals surface area contributed by atoms with Crippen LogP contribution in [0.25, 0.3) is 0 Å². The summed E-state index contributed by atoms with van der Waals surface area (Å²) in [4.78, 5) is 13.0. The van der Waals surface area contributed by atoms with Gasteiger partial charge in [-0.3, -0.25) is 4.68 Å². The van der Waals surface area contributed by atoms with Gasteiger partial charge in [0, 0.05) is 25.5 Å². The Labute approximate surface area is 223 Å². The first-order valence-corrected chi connectivity index (χ1v) is 13.2. The van der Waals surface area contributed by atoms with E-state index < -0.39 is 16.2 Å². The van der Waals surface area contributed by atoms with Gasteiger partial charge in [-0.1, -0.05) is 6.07 Å². The zero-order valence-electron chi connectivity index (χ0n) is 19.1. The van der Waals surface area contributed by atoms with Gasteiger partial charge >= 0.3 is 45.8 Å². The number of fused-ring (bicyclic) bond motifs is 2. The number of hydrogen-bond donors (Lipinski definition) is 2. The van der Waals surface area contributed by atoms with Crippen LogP contribution in [0.4, 0.5) is 16.2 Å². The molecule has 2 unspecified atom stereocenters. The zero-order valence-corrected chi connectivity index (χ0v) is 20.0. The molecule has 2 aromatic rings. The van der Waals surface area contributed by atoms with E-state index in [1.54, 1.807) is 17.9 Å². The Hall–Kier alpha value is -1.59. The minimum absolute atomic E-state index is 0. The third-order valence-electron chi connectivity index (χ3n) is 6.93. The van der Waals surface area contributed by atoms with E-state index >= 15 is 0 Å². The molecular formula is C23H32N5NaO4S. The second-order valence-electron chi connectivity index (χ2n) is 9.32. The number of amides is 2. The van der Waals surface area contributed by atoms with Gasteiger partial charge in [0.15, 0.2) is 0 Å². The maximum atomic E-state index is 13.5. The first-order valence-electron chi connectivity index (χ1n) is 11.7. The van der Waals surface area contributed by atoms with Crippen LogP contribution in [0.3, 0.4) is 0 Å². The summed E-state index contributed by atoms with van der Waals surface area (Å²) in [5, 5.41) is 7.06. The number of urea groups is 1. The van der Waals surface area contributed by atoms with Gasteiger partial charge in [-0.05, 0) is 80.5 Å². The van der Waals surface area contributed by atoms with E-state index in [4.69, 9.17) is 4.74 Å². The molecule has 0 radical (unpaired) electrons. The molecule has 0 saturated carbocycles.